The molecule has 0 radical (unpaired) electrons. The molecule has 1 spiro atoms. The molecule has 6 nitrogen and oxygen atoms in total. The summed E-state index contributed by atoms with van der Waals surface area (Å²) < 4.78 is 11.4. The third kappa shape index (κ3) is 3.12. The Balaban J connectivity index is 1.37. The van der Waals surface area contributed by atoms with Crippen molar-refractivity contribution in [3.63, 3.8) is 0 Å². The maximum absolute atomic E-state index is 13.0. The van der Waals surface area contributed by atoms with Crippen molar-refractivity contribution in [1.29, 1.82) is 0 Å². The van der Waals surface area contributed by atoms with Crippen LogP contribution in [0.1, 0.15) is 44.2 Å². The Hall–Kier alpha value is -1.92. The minimum absolute atomic E-state index is 0.0388. The summed E-state index contributed by atoms with van der Waals surface area (Å²) in [4.78, 5) is 27.7. The number of carbonyl (C=O) groups is 2. The maximum Gasteiger partial charge on any atom is 0.238 e. The molecule has 1 aromatic carbocycles. The van der Waals surface area contributed by atoms with E-state index in [9.17, 15) is 9.59 Å². The maximum atomic E-state index is 13.0. The molecule has 1 aromatic rings. The van der Waals surface area contributed by atoms with Gasteiger partial charge >= 0.3 is 0 Å². The van der Waals surface area contributed by atoms with E-state index < -0.39 is 11.2 Å². The highest BCUT2D eigenvalue weighted by atomic mass is 16.7. The SMILES string of the molecule is CC(NC(=O)C1(C(=O)N2CCC3(CC2)OCCO3)CC1)c1ccccc1. The lowest BCUT2D eigenvalue weighted by atomic mass is 9.98. The molecule has 2 heterocycles. The van der Waals surface area contributed by atoms with Crippen molar-refractivity contribution < 1.29 is 19.1 Å². The molecule has 0 aromatic heterocycles. The van der Waals surface area contributed by atoms with Crippen molar-refractivity contribution in [3.8, 4) is 0 Å². The average Bonchev–Trinajstić information content (AvgIpc) is 3.38. The second-order valence-corrected chi connectivity index (χ2v) is 7.59. The summed E-state index contributed by atoms with van der Waals surface area (Å²) in [5, 5.41) is 3.03. The highest BCUT2D eigenvalue weighted by Gasteiger charge is 2.59. The zero-order valence-corrected chi connectivity index (χ0v) is 15.2. The Kier molecular flexibility index (Phi) is 4.49. The first kappa shape index (κ1) is 17.5. The minimum atomic E-state index is -0.870. The standard InChI is InChI=1S/C20H26N2O4/c1-15(16-5-3-2-4-6-16)21-17(23)19(7-8-19)18(24)22-11-9-20(10-12-22)25-13-14-26-20/h2-6,15H,7-14H2,1H3,(H,21,23). The Labute approximate surface area is 153 Å². The van der Waals surface area contributed by atoms with Crippen LogP contribution in [0.2, 0.25) is 0 Å². The van der Waals surface area contributed by atoms with Crippen LogP contribution < -0.4 is 5.32 Å². The summed E-state index contributed by atoms with van der Waals surface area (Å²) in [6.07, 6.45) is 2.62. The lowest BCUT2D eigenvalue weighted by Crippen LogP contribution is -2.52. The molecule has 0 bridgehead atoms. The van der Waals surface area contributed by atoms with Gasteiger partial charge in [-0.1, -0.05) is 30.3 Å². The number of nitrogens with zero attached hydrogens (tertiary/aromatic N) is 1. The predicted octanol–water partition coefficient (Wildman–Crippen LogP) is 2.01. The Morgan fingerprint density at radius 1 is 1.04 bits per heavy atom. The molecule has 2 aliphatic heterocycles. The number of ether oxygens (including phenoxy) is 2. The number of amides is 2. The van der Waals surface area contributed by atoms with Crippen LogP contribution in [-0.4, -0.2) is 48.8 Å². The molecule has 1 unspecified atom stereocenters. The summed E-state index contributed by atoms with van der Waals surface area (Å²) in [7, 11) is 0. The van der Waals surface area contributed by atoms with E-state index in [1.54, 1.807) is 0 Å². The van der Waals surface area contributed by atoms with Crippen molar-refractivity contribution in [1.82, 2.24) is 10.2 Å². The summed E-state index contributed by atoms with van der Waals surface area (Å²) in [5.41, 5.74) is 0.171. The quantitative estimate of drug-likeness (QED) is 0.836. The van der Waals surface area contributed by atoms with Gasteiger partial charge in [-0.05, 0) is 25.3 Å². The largest absolute Gasteiger partial charge is 0.349 e. The number of piperidine rings is 1. The van der Waals surface area contributed by atoms with Crippen LogP contribution in [0.5, 0.6) is 0 Å². The van der Waals surface area contributed by atoms with Gasteiger partial charge in [-0.25, -0.2) is 0 Å². The lowest BCUT2D eigenvalue weighted by Gasteiger charge is -2.38. The highest BCUT2D eigenvalue weighted by Crippen LogP contribution is 2.48. The predicted molar refractivity (Wildman–Crippen MR) is 95.1 cm³/mol. The fourth-order valence-corrected chi connectivity index (χ4v) is 3.96. The van der Waals surface area contributed by atoms with E-state index in [-0.39, 0.29) is 17.9 Å². The first-order valence-electron chi connectivity index (χ1n) is 9.48. The van der Waals surface area contributed by atoms with Gasteiger partial charge in [-0.15, -0.1) is 0 Å². The zero-order chi connectivity index (χ0) is 18.2. The van der Waals surface area contributed by atoms with Gasteiger partial charge < -0.3 is 19.7 Å². The van der Waals surface area contributed by atoms with Gasteiger partial charge in [0, 0.05) is 25.9 Å². The summed E-state index contributed by atoms with van der Waals surface area (Å²) in [6.45, 7) is 4.37. The lowest BCUT2D eigenvalue weighted by molar-refractivity contribution is -0.188. The Morgan fingerprint density at radius 2 is 1.65 bits per heavy atom. The second kappa shape index (κ2) is 6.67. The molecule has 1 aliphatic carbocycles. The van der Waals surface area contributed by atoms with Gasteiger partial charge in [0.15, 0.2) is 5.79 Å². The summed E-state index contributed by atoms with van der Waals surface area (Å²) >= 11 is 0. The molecule has 140 valence electrons. The van der Waals surface area contributed by atoms with E-state index in [1.165, 1.54) is 0 Å². The van der Waals surface area contributed by atoms with Crippen LogP contribution in [-0.2, 0) is 19.1 Å². The smallest absolute Gasteiger partial charge is 0.238 e. The summed E-state index contributed by atoms with van der Waals surface area (Å²) in [6, 6.07) is 9.71. The van der Waals surface area contributed by atoms with E-state index >= 15 is 0 Å². The van der Waals surface area contributed by atoms with E-state index in [0.29, 0.717) is 52.0 Å². The molecule has 4 rings (SSSR count). The average molecular weight is 358 g/mol. The van der Waals surface area contributed by atoms with E-state index in [0.717, 1.165) is 5.56 Å². The Bertz CT molecular complexity index is 670. The number of rotatable bonds is 4. The highest BCUT2D eigenvalue weighted by molar-refractivity contribution is 6.08. The molecule has 3 aliphatic rings. The first-order valence-corrected chi connectivity index (χ1v) is 9.48. The van der Waals surface area contributed by atoms with Crippen molar-refractivity contribution in [2.24, 2.45) is 5.41 Å². The molecule has 26 heavy (non-hydrogen) atoms. The van der Waals surface area contributed by atoms with Crippen LogP contribution in [0.25, 0.3) is 0 Å². The number of hydrogen-bond donors (Lipinski definition) is 1. The fraction of sp³-hybridized carbons (Fsp3) is 0.600. The molecular formula is C20H26N2O4. The topological polar surface area (TPSA) is 67.9 Å². The third-order valence-electron chi connectivity index (χ3n) is 5.87. The molecule has 2 saturated heterocycles. The zero-order valence-electron chi connectivity index (χ0n) is 15.2. The van der Waals surface area contributed by atoms with E-state index in [1.807, 2.05) is 42.2 Å². The fourth-order valence-electron chi connectivity index (χ4n) is 3.96. The van der Waals surface area contributed by atoms with Crippen LogP contribution in [0.4, 0.5) is 0 Å². The van der Waals surface area contributed by atoms with Gasteiger partial charge in [0.1, 0.15) is 5.41 Å². The first-order chi connectivity index (χ1) is 12.5. The summed E-state index contributed by atoms with van der Waals surface area (Å²) in [5.74, 6) is -0.687. The minimum Gasteiger partial charge on any atom is -0.349 e. The number of nitrogens with one attached hydrogen (secondary N) is 1. The van der Waals surface area contributed by atoms with Gasteiger partial charge in [-0.2, -0.15) is 0 Å². The molecule has 1 saturated carbocycles. The number of likely N-dealkylation sites (tertiary alicyclic amines) is 1. The molecular weight excluding hydrogens is 332 g/mol. The molecule has 1 atom stereocenters. The molecule has 3 fully saturated rings. The van der Waals surface area contributed by atoms with E-state index in [2.05, 4.69) is 5.32 Å². The van der Waals surface area contributed by atoms with Crippen molar-refractivity contribution in [2.45, 2.75) is 44.4 Å². The number of carbonyl (C=O) groups excluding carboxylic acids is 2. The number of hydrogen-bond acceptors (Lipinski definition) is 4. The van der Waals surface area contributed by atoms with Crippen molar-refractivity contribution in [2.75, 3.05) is 26.3 Å². The monoisotopic (exact) mass is 358 g/mol. The van der Waals surface area contributed by atoms with Crippen LogP contribution >= 0.6 is 0 Å². The normalized spacial score (nSPS) is 24.3. The Morgan fingerprint density at radius 3 is 2.23 bits per heavy atom. The molecule has 6 heteroatoms. The molecule has 1 N–H and O–H groups in total. The van der Waals surface area contributed by atoms with Crippen LogP contribution in [0.15, 0.2) is 30.3 Å². The van der Waals surface area contributed by atoms with Gasteiger partial charge in [-0.3, -0.25) is 9.59 Å². The van der Waals surface area contributed by atoms with Gasteiger partial charge in [0.25, 0.3) is 0 Å². The third-order valence-corrected chi connectivity index (χ3v) is 5.87. The number of benzene rings is 1. The van der Waals surface area contributed by atoms with Crippen molar-refractivity contribution in [3.05, 3.63) is 35.9 Å². The van der Waals surface area contributed by atoms with Gasteiger partial charge in [0.2, 0.25) is 11.8 Å². The van der Waals surface area contributed by atoms with Crippen LogP contribution in [0, 0.1) is 5.41 Å². The van der Waals surface area contributed by atoms with Crippen molar-refractivity contribution >= 4 is 11.8 Å². The van der Waals surface area contributed by atoms with E-state index in [4.69, 9.17) is 9.47 Å². The molecule has 2 amide bonds. The van der Waals surface area contributed by atoms with Gasteiger partial charge in [0.05, 0.1) is 19.3 Å². The second-order valence-electron chi connectivity index (χ2n) is 7.59. The van der Waals surface area contributed by atoms with Crippen LogP contribution in [0.3, 0.4) is 0 Å².